The first-order valence-electron chi connectivity index (χ1n) is 13.1. The Morgan fingerprint density at radius 3 is 2.48 bits per heavy atom. The summed E-state index contributed by atoms with van der Waals surface area (Å²) in [6.07, 6.45) is 2.10. The van der Waals surface area contributed by atoms with Crippen LogP contribution < -0.4 is 14.2 Å². The fraction of sp³-hybridized carbons (Fsp3) is 0.407. The van der Waals surface area contributed by atoms with Crippen molar-refractivity contribution in [3.8, 4) is 11.5 Å². The molecule has 1 aliphatic heterocycles. The maximum absolute atomic E-state index is 13.7. The summed E-state index contributed by atoms with van der Waals surface area (Å²) in [5.41, 5.74) is 0.190. The number of hydrogen-bond acceptors (Lipinski definition) is 9. The van der Waals surface area contributed by atoms with Gasteiger partial charge in [-0.1, -0.05) is 6.92 Å². The number of methoxy groups -OCH3 is 1. The lowest BCUT2D eigenvalue weighted by Gasteiger charge is -2.38. The minimum Gasteiger partial charge on any atom is -0.497 e. The van der Waals surface area contributed by atoms with E-state index in [2.05, 4.69) is 9.71 Å². The number of carbonyl (C=O) groups excluding carboxylic acids is 1. The van der Waals surface area contributed by atoms with Gasteiger partial charge in [-0.2, -0.15) is 4.31 Å². The molecule has 0 saturated heterocycles. The molecule has 4 rings (SSSR count). The number of aryl methyl sites for hydroxylation is 1. The third-order valence-corrected chi connectivity index (χ3v) is 10.2. The monoisotopic (exact) mass is 621 g/mol. The lowest BCUT2D eigenvalue weighted by molar-refractivity contribution is 0.0387. The number of aromatic nitrogens is 2. The number of aliphatic hydroxyl groups excluding tert-OH is 1. The summed E-state index contributed by atoms with van der Waals surface area (Å²) in [7, 11) is -3.36. The normalized spacial score (nSPS) is 18.5. The molecule has 2 N–H and O–H groups in total. The highest BCUT2D eigenvalue weighted by atomic mass is 32.2. The van der Waals surface area contributed by atoms with E-state index in [1.807, 2.05) is 6.92 Å². The quantitative estimate of drug-likeness (QED) is 0.344. The van der Waals surface area contributed by atoms with Crippen LogP contribution in [0.1, 0.15) is 24.2 Å². The van der Waals surface area contributed by atoms with Crippen molar-refractivity contribution >= 4 is 31.6 Å². The topological polar surface area (TPSA) is 160 Å². The number of likely N-dealkylation sites (N-methyl/N-ethyl adjacent to an activating group) is 1. The molecule has 2 aromatic carbocycles. The van der Waals surface area contributed by atoms with Gasteiger partial charge in [0.05, 0.1) is 43.1 Å². The summed E-state index contributed by atoms with van der Waals surface area (Å²) < 4.78 is 68.9. The second-order valence-corrected chi connectivity index (χ2v) is 14.0. The molecule has 42 heavy (non-hydrogen) atoms. The zero-order valence-electron chi connectivity index (χ0n) is 24.0. The fourth-order valence-corrected chi connectivity index (χ4v) is 6.70. The Bertz CT molecular complexity index is 1640. The number of ether oxygens (including phenoxy) is 2. The van der Waals surface area contributed by atoms with Crippen molar-refractivity contribution in [1.29, 1.82) is 0 Å². The van der Waals surface area contributed by atoms with Crippen LogP contribution in [0.2, 0.25) is 0 Å². The largest absolute Gasteiger partial charge is 0.497 e. The first-order valence-corrected chi connectivity index (χ1v) is 16.0. The van der Waals surface area contributed by atoms with E-state index in [0.717, 1.165) is 4.31 Å². The van der Waals surface area contributed by atoms with Gasteiger partial charge in [-0.15, -0.1) is 0 Å². The Morgan fingerprint density at radius 2 is 1.88 bits per heavy atom. The second-order valence-electron chi connectivity index (χ2n) is 10.3. The average molecular weight is 622 g/mol. The van der Waals surface area contributed by atoms with Crippen molar-refractivity contribution in [3.05, 3.63) is 60.6 Å². The molecule has 0 radical (unpaired) electrons. The highest BCUT2D eigenvalue weighted by molar-refractivity contribution is 7.92. The predicted molar refractivity (Wildman–Crippen MR) is 154 cm³/mol. The average Bonchev–Trinajstić information content (AvgIpc) is 3.41. The van der Waals surface area contributed by atoms with E-state index < -0.39 is 38.1 Å². The molecule has 15 heteroatoms. The van der Waals surface area contributed by atoms with E-state index in [4.69, 9.17) is 9.47 Å². The van der Waals surface area contributed by atoms with Gasteiger partial charge in [0, 0.05) is 38.4 Å². The molecule has 1 amide bonds. The predicted octanol–water partition coefficient (Wildman–Crippen LogP) is 1.77. The van der Waals surface area contributed by atoms with Crippen LogP contribution in [0, 0.1) is 5.92 Å². The SMILES string of the molecule is COc1ccc(S(=O)(=O)Nc2ccc3c(c2)C(=O)N([C@@H](C)CO)C[C@@H](C)[C@H](CN(C)S(=O)(=O)c2cn(C)cn2)O3)cc1. The molecule has 3 aromatic rings. The minimum atomic E-state index is -4.00. The summed E-state index contributed by atoms with van der Waals surface area (Å²) >= 11 is 0. The summed E-state index contributed by atoms with van der Waals surface area (Å²) in [4.78, 5) is 19.1. The van der Waals surface area contributed by atoms with Gasteiger partial charge in [-0.05, 0) is 49.4 Å². The summed E-state index contributed by atoms with van der Waals surface area (Å²) in [6, 6.07) is 9.58. The highest BCUT2D eigenvalue weighted by Gasteiger charge is 2.36. The van der Waals surface area contributed by atoms with Crippen molar-refractivity contribution in [2.45, 2.75) is 35.9 Å². The summed E-state index contributed by atoms with van der Waals surface area (Å²) in [6.45, 7) is 3.32. The third kappa shape index (κ3) is 6.53. The van der Waals surface area contributed by atoms with Gasteiger partial charge in [0.25, 0.3) is 26.0 Å². The van der Waals surface area contributed by atoms with E-state index in [0.29, 0.717) is 5.75 Å². The van der Waals surface area contributed by atoms with Crippen LogP contribution in [0.25, 0.3) is 0 Å². The molecule has 0 unspecified atom stereocenters. The first kappa shape index (κ1) is 31.3. The lowest BCUT2D eigenvalue weighted by atomic mass is 9.99. The molecule has 1 aliphatic rings. The van der Waals surface area contributed by atoms with Crippen molar-refractivity contribution in [1.82, 2.24) is 18.8 Å². The number of aliphatic hydroxyl groups is 1. The smallest absolute Gasteiger partial charge is 0.261 e. The lowest BCUT2D eigenvalue weighted by Crippen LogP contribution is -2.50. The van der Waals surface area contributed by atoms with Crippen molar-refractivity contribution < 1.29 is 36.2 Å². The molecule has 0 saturated carbocycles. The third-order valence-electron chi connectivity index (χ3n) is 7.08. The van der Waals surface area contributed by atoms with E-state index >= 15 is 0 Å². The molecule has 13 nitrogen and oxygen atoms in total. The van der Waals surface area contributed by atoms with Crippen LogP contribution >= 0.6 is 0 Å². The fourth-order valence-electron chi connectivity index (χ4n) is 4.51. The van der Waals surface area contributed by atoms with Gasteiger partial charge in [0.1, 0.15) is 17.6 Å². The van der Waals surface area contributed by atoms with Gasteiger partial charge in [0.2, 0.25) is 0 Å². The van der Waals surface area contributed by atoms with Crippen LogP contribution in [-0.4, -0.2) is 92.6 Å². The maximum atomic E-state index is 13.7. The number of rotatable bonds is 10. The standard InChI is InChI=1S/C27H35N5O8S2/c1-18-13-32(19(2)16-33)27(34)23-12-20(29-41(35,36)22-9-7-21(39-5)8-10-22)6-11-24(23)40-25(18)14-31(4)42(37,38)26-15-30(3)17-28-26/h6-12,15,17-19,25,29,33H,13-14,16H2,1-5H3/t18-,19+,25+/m1/s1. The molecule has 2 heterocycles. The number of carbonyl (C=O) groups is 1. The van der Waals surface area contributed by atoms with Crippen molar-refractivity contribution in [2.75, 3.05) is 38.6 Å². The van der Waals surface area contributed by atoms with Crippen LogP contribution in [0.4, 0.5) is 5.69 Å². The Kier molecular flexibility index (Phi) is 9.15. The number of hydrogen-bond donors (Lipinski definition) is 2. The van der Waals surface area contributed by atoms with Crippen molar-refractivity contribution in [2.24, 2.45) is 13.0 Å². The minimum absolute atomic E-state index is 0.000750. The Morgan fingerprint density at radius 1 is 1.19 bits per heavy atom. The number of fused-ring (bicyclic) bond motifs is 1. The molecule has 0 bridgehead atoms. The molecule has 0 aliphatic carbocycles. The Hall–Kier alpha value is -3.66. The molecular weight excluding hydrogens is 586 g/mol. The van der Waals surface area contributed by atoms with Gasteiger partial charge >= 0.3 is 0 Å². The molecule has 3 atom stereocenters. The van der Waals surface area contributed by atoms with Crippen LogP contribution in [0.15, 0.2) is 64.9 Å². The van der Waals surface area contributed by atoms with Gasteiger partial charge in [0.15, 0.2) is 5.03 Å². The zero-order chi connectivity index (χ0) is 30.8. The van der Waals surface area contributed by atoms with E-state index in [-0.39, 0.29) is 52.5 Å². The van der Waals surface area contributed by atoms with Crippen LogP contribution in [0.3, 0.4) is 0 Å². The number of nitrogens with one attached hydrogen (secondary N) is 1. The molecule has 0 spiro atoms. The van der Waals surface area contributed by atoms with E-state index in [1.165, 1.54) is 78.6 Å². The molecule has 0 fully saturated rings. The van der Waals surface area contributed by atoms with Gasteiger partial charge in [-0.3, -0.25) is 9.52 Å². The van der Waals surface area contributed by atoms with Gasteiger partial charge in [-0.25, -0.2) is 21.8 Å². The van der Waals surface area contributed by atoms with Crippen LogP contribution in [-0.2, 0) is 27.1 Å². The second kappa shape index (κ2) is 12.3. The summed E-state index contributed by atoms with van der Waals surface area (Å²) in [5, 5.41) is 9.79. The number of benzene rings is 2. The number of imidazole rings is 1. The Balaban J connectivity index is 1.67. The Labute approximate surface area is 245 Å². The van der Waals surface area contributed by atoms with E-state index in [9.17, 15) is 26.7 Å². The zero-order valence-corrected chi connectivity index (χ0v) is 25.6. The van der Waals surface area contributed by atoms with Crippen LogP contribution in [0.5, 0.6) is 11.5 Å². The van der Waals surface area contributed by atoms with E-state index in [1.54, 1.807) is 14.0 Å². The molecular formula is C27H35N5O8S2. The number of nitrogens with zero attached hydrogens (tertiary/aromatic N) is 4. The first-order chi connectivity index (χ1) is 19.8. The molecule has 228 valence electrons. The molecule has 1 aromatic heterocycles. The summed E-state index contributed by atoms with van der Waals surface area (Å²) in [5.74, 6) is -0.150. The van der Waals surface area contributed by atoms with Crippen molar-refractivity contribution in [3.63, 3.8) is 0 Å². The highest BCUT2D eigenvalue weighted by Crippen LogP contribution is 2.32. The number of amides is 1. The number of sulfonamides is 2. The van der Waals surface area contributed by atoms with Gasteiger partial charge < -0.3 is 24.0 Å². The maximum Gasteiger partial charge on any atom is 0.261 e. The number of anilines is 1.